The summed E-state index contributed by atoms with van der Waals surface area (Å²) in [4.78, 5) is 48.5. The lowest BCUT2D eigenvalue weighted by atomic mass is 10.1. The molecular formula is C14H17N3O8S. The van der Waals surface area contributed by atoms with E-state index in [0.29, 0.717) is 0 Å². The van der Waals surface area contributed by atoms with Gasteiger partial charge in [0.25, 0.3) is 0 Å². The number of esters is 3. The van der Waals surface area contributed by atoms with Crippen LogP contribution < -0.4 is 5.69 Å². The monoisotopic (exact) mass is 387 g/mol. The van der Waals surface area contributed by atoms with Crippen molar-refractivity contribution >= 4 is 30.1 Å². The highest BCUT2D eigenvalue weighted by Crippen LogP contribution is 2.33. The van der Waals surface area contributed by atoms with Crippen molar-refractivity contribution in [2.24, 2.45) is 0 Å². The molecule has 0 aliphatic carbocycles. The minimum absolute atomic E-state index is 0.0984. The average molecular weight is 387 g/mol. The number of ether oxygens (including phenoxy) is 4. The maximum absolute atomic E-state index is 12.1. The van der Waals surface area contributed by atoms with E-state index in [9.17, 15) is 19.2 Å². The molecule has 1 saturated heterocycles. The third-order valence-corrected chi connectivity index (χ3v) is 3.53. The molecule has 0 spiro atoms. The van der Waals surface area contributed by atoms with Crippen molar-refractivity contribution in [1.29, 1.82) is 0 Å². The van der Waals surface area contributed by atoms with Crippen LogP contribution in [0.2, 0.25) is 0 Å². The van der Waals surface area contributed by atoms with Gasteiger partial charge in [-0.1, -0.05) is 12.2 Å². The zero-order valence-electron chi connectivity index (χ0n) is 14.2. The lowest BCUT2D eigenvalue weighted by molar-refractivity contribution is -0.166. The van der Waals surface area contributed by atoms with Crippen LogP contribution in [0.3, 0.4) is 0 Å². The summed E-state index contributed by atoms with van der Waals surface area (Å²) in [6.45, 7) is 3.22. The van der Waals surface area contributed by atoms with Gasteiger partial charge in [-0.25, -0.2) is 4.79 Å². The first-order valence-electron chi connectivity index (χ1n) is 7.50. The molecule has 0 aromatic carbocycles. The Morgan fingerprint density at radius 1 is 1.19 bits per heavy atom. The molecule has 4 atom stereocenters. The van der Waals surface area contributed by atoms with Crippen LogP contribution in [0.5, 0.6) is 0 Å². The van der Waals surface area contributed by atoms with Crippen molar-refractivity contribution in [3.05, 3.63) is 21.3 Å². The van der Waals surface area contributed by atoms with Gasteiger partial charge in [0, 0.05) is 20.8 Å². The summed E-state index contributed by atoms with van der Waals surface area (Å²) in [6, 6.07) is 0. The van der Waals surface area contributed by atoms with E-state index < -0.39 is 48.1 Å². The molecule has 26 heavy (non-hydrogen) atoms. The van der Waals surface area contributed by atoms with E-state index in [1.165, 1.54) is 13.1 Å². The molecule has 11 nitrogen and oxygen atoms in total. The summed E-state index contributed by atoms with van der Waals surface area (Å²) < 4.78 is 21.9. The maximum Gasteiger partial charge on any atom is 0.345 e. The van der Waals surface area contributed by atoms with Crippen LogP contribution in [0.15, 0.2) is 11.0 Å². The summed E-state index contributed by atoms with van der Waals surface area (Å²) in [5.74, 6) is -1.94. The zero-order valence-corrected chi connectivity index (χ0v) is 15.0. The topological polar surface area (TPSA) is 139 Å². The zero-order chi connectivity index (χ0) is 19.4. The summed E-state index contributed by atoms with van der Waals surface area (Å²) in [5.41, 5.74) is -0.714. The summed E-state index contributed by atoms with van der Waals surface area (Å²) in [7, 11) is 0. The molecular weight excluding hydrogens is 370 g/mol. The highest BCUT2D eigenvalue weighted by atomic mass is 32.1. The van der Waals surface area contributed by atoms with E-state index >= 15 is 0 Å². The molecule has 0 radical (unpaired) electrons. The second-order valence-electron chi connectivity index (χ2n) is 5.40. The standard InChI is InChI=1S/C14H17N3O8S/c1-6(18)22-5-9-11(23-7(2)19)12(24-8(3)20)13(25-9)17-14(21)16-10(26)4-15-17/h4,9,11-13H,5H2,1-3H3,(H,16,21,26). The van der Waals surface area contributed by atoms with E-state index in [0.717, 1.165) is 18.5 Å². The number of H-pyrrole nitrogens is 1. The predicted molar refractivity (Wildman–Crippen MR) is 85.3 cm³/mol. The van der Waals surface area contributed by atoms with E-state index in [-0.39, 0.29) is 11.2 Å². The van der Waals surface area contributed by atoms with Crippen LogP contribution in [0.1, 0.15) is 27.0 Å². The van der Waals surface area contributed by atoms with Crippen molar-refractivity contribution in [2.75, 3.05) is 6.61 Å². The van der Waals surface area contributed by atoms with Crippen molar-refractivity contribution in [2.45, 2.75) is 45.3 Å². The van der Waals surface area contributed by atoms with Crippen LogP contribution >= 0.6 is 12.2 Å². The van der Waals surface area contributed by atoms with E-state index in [1.807, 2.05) is 0 Å². The minimum Gasteiger partial charge on any atom is -0.463 e. The van der Waals surface area contributed by atoms with Gasteiger partial charge in [-0.3, -0.25) is 19.4 Å². The lowest BCUT2D eigenvalue weighted by Gasteiger charge is -2.23. The van der Waals surface area contributed by atoms with Gasteiger partial charge < -0.3 is 18.9 Å². The van der Waals surface area contributed by atoms with Crippen LogP contribution in [0, 0.1) is 4.64 Å². The van der Waals surface area contributed by atoms with E-state index in [4.69, 9.17) is 31.2 Å². The Hall–Kier alpha value is -2.60. The van der Waals surface area contributed by atoms with Gasteiger partial charge in [0.1, 0.15) is 17.4 Å². The Bertz CT molecular complexity index is 819. The molecule has 12 heteroatoms. The molecule has 4 unspecified atom stereocenters. The highest BCUT2D eigenvalue weighted by Gasteiger charge is 2.51. The second-order valence-corrected chi connectivity index (χ2v) is 5.84. The second kappa shape index (κ2) is 8.19. The maximum atomic E-state index is 12.1. The molecule has 1 aliphatic heterocycles. The number of hydrogen-bond donors (Lipinski definition) is 1. The average Bonchev–Trinajstić information content (AvgIpc) is 2.82. The molecule has 1 aromatic rings. The molecule has 1 fully saturated rings. The van der Waals surface area contributed by atoms with Gasteiger partial charge >= 0.3 is 23.6 Å². The minimum atomic E-state index is -1.22. The number of carbonyl (C=O) groups excluding carboxylic acids is 3. The number of nitrogens with zero attached hydrogens (tertiary/aromatic N) is 2. The fourth-order valence-electron chi connectivity index (χ4n) is 2.43. The van der Waals surface area contributed by atoms with E-state index in [1.54, 1.807) is 0 Å². The number of aromatic amines is 1. The van der Waals surface area contributed by atoms with Crippen LogP contribution in [-0.4, -0.2) is 57.6 Å². The summed E-state index contributed by atoms with van der Waals surface area (Å²) in [5, 5.41) is 3.86. The fraction of sp³-hybridized carbons (Fsp3) is 0.571. The Kier molecular flexibility index (Phi) is 6.21. The van der Waals surface area contributed by atoms with Gasteiger partial charge in [-0.05, 0) is 0 Å². The summed E-state index contributed by atoms with van der Waals surface area (Å²) >= 11 is 4.82. The number of nitrogens with one attached hydrogen (secondary N) is 1. The van der Waals surface area contributed by atoms with Gasteiger partial charge in [-0.15, -0.1) is 0 Å². The van der Waals surface area contributed by atoms with Gasteiger partial charge in [0.05, 0.1) is 6.20 Å². The fourth-order valence-corrected chi connectivity index (χ4v) is 2.57. The molecule has 2 heterocycles. The van der Waals surface area contributed by atoms with Crippen LogP contribution in [0.4, 0.5) is 0 Å². The van der Waals surface area contributed by atoms with Crippen LogP contribution in [0.25, 0.3) is 0 Å². The molecule has 0 saturated carbocycles. The van der Waals surface area contributed by atoms with Gasteiger partial charge in [0.15, 0.2) is 18.4 Å². The van der Waals surface area contributed by atoms with Gasteiger partial charge in [0.2, 0.25) is 0 Å². The van der Waals surface area contributed by atoms with Crippen molar-refractivity contribution < 1.29 is 33.3 Å². The van der Waals surface area contributed by atoms with Crippen LogP contribution in [-0.2, 0) is 33.3 Å². The van der Waals surface area contributed by atoms with Crippen molar-refractivity contribution in [3.8, 4) is 0 Å². The molecule has 1 aliphatic rings. The first kappa shape index (κ1) is 19.7. The lowest BCUT2D eigenvalue weighted by Crippen LogP contribution is -2.42. The van der Waals surface area contributed by atoms with Crippen molar-refractivity contribution in [1.82, 2.24) is 14.8 Å². The van der Waals surface area contributed by atoms with E-state index in [2.05, 4.69) is 10.1 Å². The Balaban J connectivity index is 2.41. The SMILES string of the molecule is CC(=O)OCC1OC(n2ncc(=S)[nH]c2=O)C(OC(C)=O)C1OC(C)=O. The smallest absolute Gasteiger partial charge is 0.345 e. The molecule has 2 rings (SSSR count). The Morgan fingerprint density at radius 2 is 1.81 bits per heavy atom. The molecule has 1 N–H and O–H groups in total. The normalized spacial score (nSPS) is 24.7. The first-order valence-corrected chi connectivity index (χ1v) is 7.91. The molecule has 0 amide bonds. The quantitative estimate of drug-likeness (QED) is 0.404. The Labute approximate surface area is 152 Å². The summed E-state index contributed by atoms with van der Waals surface area (Å²) in [6.07, 6.45) is -3.30. The number of aromatic nitrogens is 3. The molecule has 1 aromatic heterocycles. The largest absolute Gasteiger partial charge is 0.463 e. The highest BCUT2D eigenvalue weighted by molar-refractivity contribution is 7.71. The predicted octanol–water partition coefficient (Wildman–Crippen LogP) is -0.375. The third kappa shape index (κ3) is 4.73. The van der Waals surface area contributed by atoms with Gasteiger partial charge in [-0.2, -0.15) is 9.78 Å². The molecule has 0 bridgehead atoms. The molecule has 142 valence electrons. The van der Waals surface area contributed by atoms with Crippen molar-refractivity contribution in [3.63, 3.8) is 0 Å². The first-order chi connectivity index (χ1) is 12.2. The Morgan fingerprint density at radius 3 is 2.35 bits per heavy atom. The third-order valence-electron chi connectivity index (χ3n) is 3.32. The number of carbonyl (C=O) groups is 3. The number of hydrogen-bond acceptors (Lipinski definition) is 10. The number of rotatable bonds is 5.